The van der Waals surface area contributed by atoms with Gasteiger partial charge in [0, 0.05) is 0 Å². The molecule has 2 aliphatic rings. The van der Waals surface area contributed by atoms with Crippen molar-refractivity contribution in [3.8, 4) is 0 Å². The average molecular weight is 399 g/mol. The fourth-order valence-corrected chi connectivity index (χ4v) is 9.14. The molecule has 0 heterocycles. The van der Waals surface area contributed by atoms with Gasteiger partial charge in [-0.3, -0.25) is 0 Å². The normalized spacial score (nSPS) is 20.4. The van der Waals surface area contributed by atoms with Gasteiger partial charge in [-0.15, -0.1) is 0 Å². The van der Waals surface area contributed by atoms with Gasteiger partial charge in [0.2, 0.25) is 0 Å². The summed E-state index contributed by atoms with van der Waals surface area (Å²) < 4.78 is 2.58. The maximum atomic E-state index is 9.41. The molecule has 0 aromatic rings. The fraction of sp³-hybridized carbons (Fsp3) is 0.750. The molecule has 116 valence electrons. The molecule has 4 nitrogen and oxygen atoms in total. The van der Waals surface area contributed by atoms with Crippen molar-refractivity contribution in [2.45, 2.75) is 72.1 Å². The molecule has 5 heteroatoms. The Bertz CT molecular complexity index is 310. The number of rotatable bonds is 4. The minimum atomic E-state index is -1.55. The van der Waals surface area contributed by atoms with Crippen molar-refractivity contribution in [3.63, 3.8) is 0 Å². The first-order valence-electron chi connectivity index (χ1n) is 7.94. The van der Waals surface area contributed by atoms with E-state index >= 15 is 0 Å². The third-order valence-corrected chi connectivity index (χ3v) is 10.0. The molecule has 0 aromatic heterocycles. The summed E-state index contributed by atoms with van der Waals surface area (Å²) in [6.07, 6.45) is 16.6. The van der Waals surface area contributed by atoms with E-state index in [1.165, 1.54) is 7.87 Å². The van der Waals surface area contributed by atoms with Crippen LogP contribution < -0.4 is 10.2 Å². The van der Waals surface area contributed by atoms with Crippen LogP contribution in [0.1, 0.15) is 64.2 Å². The number of aliphatic carboxylic acids is 2. The van der Waals surface area contributed by atoms with E-state index in [4.69, 9.17) is 0 Å². The monoisotopic (exact) mass is 400 g/mol. The van der Waals surface area contributed by atoms with E-state index in [2.05, 4.69) is 0 Å². The van der Waals surface area contributed by atoms with Gasteiger partial charge in [-0.05, 0) is 12.2 Å². The molecule has 0 saturated heterocycles. The molecule has 0 N–H and O–H groups in total. The van der Waals surface area contributed by atoms with Crippen molar-refractivity contribution >= 4 is 33.1 Å². The molecule has 0 bridgehead atoms. The van der Waals surface area contributed by atoms with Gasteiger partial charge in [0.1, 0.15) is 0 Å². The van der Waals surface area contributed by atoms with Crippen molar-refractivity contribution in [2.24, 2.45) is 0 Å². The number of hydrogen-bond acceptors (Lipinski definition) is 4. The molecule has 0 spiro atoms. The summed E-state index contributed by atoms with van der Waals surface area (Å²) in [5, 5.41) is 18.8. The standard InChI is InChI=1S/2C6H11.C4H4O4.Sn/c2*1-2-4-6-5-3-1;5-3(6)1-2-4(7)8;/h2*1H,2-6H2;1-2H,(H,5,6)(H,7,8);/q;;;+2/p-2/b;;2-1-;. The first kappa shape index (κ1) is 18.5. The maximum Gasteiger partial charge on any atom is 0.0643 e. The van der Waals surface area contributed by atoms with Crippen molar-refractivity contribution < 1.29 is 19.8 Å². The molecule has 0 amide bonds. The van der Waals surface area contributed by atoms with Crippen molar-refractivity contribution in [2.75, 3.05) is 0 Å². The van der Waals surface area contributed by atoms with Crippen molar-refractivity contribution in [1.82, 2.24) is 0 Å². The zero-order chi connectivity index (χ0) is 15.5. The Kier molecular flexibility index (Phi) is 9.79. The van der Waals surface area contributed by atoms with E-state index in [1.54, 1.807) is 64.2 Å². The Labute approximate surface area is 137 Å². The topological polar surface area (TPSA) is 80.3 Å². The van der Waals surface area contributed by atoms with Crippen LogP contribution in [-0.4, -0.2) is 33.1 Å². The summed E-state index contributed by atoms with van der Waals surface area (Å²) in [6.45, 7) is 0. The average Bonchev–Trinajstić information content (AvgIpc) is 2.48. The van der Waals surface area contributed by atoms with E-state index in [0.717, 1.165) is 0 Å². The minimum absolute atomic E-state index is 0.0367. The number of carbonyl (C=O) groups is 2. The fourth-order valence-electron chi connectivity index (χ4n) is 3.01. The van der Waals surface area contributed by atoms with Crippen molar-refractivity contribution in [1.29, 1.82) is 0 Å². The van der Waals surface area contributed by atoms with E-state index in [0.29, 0.717) is 12.2 Å². The van der Waals surface area contributed by atoms with Crippen LogP contribution in [0.2, 0.25) is 7.87 Å². The number of carboxylic acids is 2. The summed E-state index contributed by atoms with van der Waals surface area (Å²) in [6, 6.07) is 0. The number of carboxylic acid groups (broad SMARTS) is 2. The van der Waals surface area contributed by atoms with Crippen LogP contribution in [0.15, 0.2) is 12.2 Å². The molecular weight excluding hydrogens is 375 g/mol. The van der Waals surface area contributed by atoms with E-state index in [9.17, 15) is 19.8 Å². The summed E-state index contributed by atoms with van der Waals surface area (Å²) in [7, 11) is 0. The summed E-state index contributed by atoms with van der Waals surface area (Å²) >= 11 is 0.0367. The Morgan fingerprint density at radius 2 is 1.05 bits per heavy atom. The van der Waals surface area contributed by atoms with Gasteiger partial charge in [-0.1, -0.05) is 0 Å². The predicted molar refractivity (Wildman–Crippen MR) is 78.6 cm³/mol. The second-order valence-electron chi connectivity index (χ2n) is 5.81. The number of carbonyl (C=O) groups excluding carboxylic acids is 2. The second kappa shape index (κ2) is 11.1. The molecular formula is C16H24O4Sn. The van der Waals surface area contributed by atoms with Crippen LogP contribution in [0.5, 0.6) is 0 Å². The Balaban J connectivity index is 0.000000240. The Morgan fingerprint density at radius 1 is 0.714 bits per heavy atom. The van der Waals surface area contributed by atoms with Gasteiger partial charge in [-0.25, -0.2) is 0 Å². The van der Waals surface area contributed by atoms with E-state index in [-0.39, 0.29) is 21.1 Å². The van der Waals surface area contributed by atoms with Crippen LogP contribution in [0, 0.1) is 0 Å². The Morgan fingerprint density at radius 3 is 1.33 bits per heavy atom. The van der Waals surface area contributed by atoms with Gasteiger partial charge in [-0.2, -0.15) is 0 Å². The predicted octanol–water partition coefficient (Wildman–Crippen LogP) is 1.24. The molecule has 21 heavy (non-hydrogen) atoms. The van der Waals surface area contributed by atoms with Crippen LogP contribution in [0.25, 0.3) is 0 Å². The van der Waals surface area contributed by atoms with Crippen LogP contribution >= 0.6 is 0 Å². The van der Waals surface area contributed by atoms with Gasteiger partial charge >= 0.3 is 93.2 Å². The van der Waals surface area contributed by atoms with Gasteiger partial charge in [0.05, 0.1) is 11.9 Å². The SMILES string of the molecule is C1CC[CH]([Sn+2][CH]2CCCCC2)CC1.O=C([O-])/C=C\C(=O)[O-]. The third-order valence-electron chi connectivity index (χ3n) is 4.04. The second-order valence-corrected chi connectivity index (χ2v) is 11.4. The van der Waals surface area contributed by atoms with Crippen LogP contribution in [0.4, 0.5) is 0 Å². The number of hydrogen-bond donors (Lipinski definition) is 0. The third kappa shape index (κ3) is 9.93. The first-order chi connectivity index (χ1) is 10.1. The summed E-state index contributed by atoms with van der Waals surface area (Å²) in [5.41, 5.74) is 0. The summed E-state index contributed by atoms with van der Waals surface area (Å²) in [4.78, 5) is 18.8. The molecule has 0 radical (unpaired) electrons. The molecule has 0 atom stereocenters. The molecule has 2 aliphatic carbocycles. The largest absolute Gasteiger partial charge is 0.545 e. The Hall–Kier alpha value is -0.521. The zero-order valence-corrected chi connectivity index (χ0v) is 15.4. The van der Waals surface area contributed by atoms with Gasteiger partial charge in [0.15, 0.2) is 0 Å². The molecule has 2 rings (SSSR count). The van der Waals surface area contributed by atoms with Crippen LogP contribution in [0.3, 0.4) is 0 Å². The quantitative estimate of drug-likeness (QED) is 0.527. The molecule has 2 saturated carbocycles. The maximum absolute atomic E-state index is 9.41. The van der Waals surface area contributed by atoms with E-state index < -0.39 is 11.9 Å². The zero-order valence-electron chi connectivity index (χ0n) is 12.5. The van der Waals surface area contributed by atoms with Crippen molar-refractivity contribution in [3.05, 3.63) is 12.2 Å². The van der Waals surface area contributed by atoms with Crippen LogP contribution in [-0.2, 0) is 9.59 Å². The van der Waals surface area contributed by atoms with Gasteiger partial charge < -0.3 is 19.8 Å². The molecule has 0 unspecified atom stereocenters. The summed E-state index contributed by atoms with van der Waals surface area (Å²) in [5.74, 6) is -3.09. The first-order valence-corrected chi connectivity index (χ1v) is 11.2. The van der Waals surface area contributed by atoms with E-state index in [1.807, 2.05) is 0 Å². The van der Waals surface area contributed by atoms with Gasteiger partial charge in [0.25, 0.3) is 0 Å². The molecule has 0 aliphatic heterocycles. The molecule has 2 fully saturated rings. The smallest absolute Gasteiger partial charge is 0.0643 e. The molecule has 0 aromatic carbocycles. The minimum Gasteiger partial charge on any atom is -0.545 e.